The zero-order chi connectivity index (χ0) is 38.8. The third-order valence-electron chi connectivity index (χ3n) is 11.4. The van der Waals surface area contributed by atoms with Crippen molar-refractivity contribution in [3.05, 3.63) is 191 Å². The van der Waals surface area contributed by atoms with Gasteiger partial charge in [-0.1, -0.05) is 93.0 Å². The molecule has 0 radical (unpaired) electrons. The maximum absolute atomic E-state index is 8.12. The van der Waals surface area contributed by atoms with Gasteiger partial charge in [0.15, 0.2) is 0 Å². The summed E-state index contributed by atoms with van der Waals surface area (Å²) in [6.07, 6.45) is 1.90. The van der Waals surface area contributed by atoms with Crippen LogP contribution in [0.4, 0.5) is 17.1 Å². The van der Waals surface area contributed by atoms with Gasteiger partial charge in [0, 0.05) is 71.6 Å². The molecule has 0 atom stereocenters. The molecule has 2 bridgehead atoms. The first-order chi connectivity index (χ1) is 27.5. The summed E-state index contributed by atoms with van der Waals surface area (Å²) < 4.78 is 33.2. The van der Waals surface area contributed by atoms with E-state index in [4.69, 9.17) is 13.8 Å². The molecule has 0 amide bonds. The summed E-state index contributed by atoms with van der Waals surface area (Å²) in [5, 5.41) is 2.21. The molecule has 12 rings (SSSR count). The van der Waals surface area contributed by atoms with Crippen LogP contribution >= 0.6 is 0 Å². The average Bonchev–Trinajstić information content (AvgIpc) is 3.76. The van der Waals surface area contributed by atoms with Crippen molar-refractivity contribution in [2.45, 2.75) is 38.0 Å². The molecule has 55 heavy (non-hydrogen) atoms. The predicted octanol–water partition coefficient (Wildman–Crippen LogP) is 11.6. The Bertz CT molecular complexity index is 2900. The monoisotopic (exact) mass is 895 g/mol. The molecule has 6 heteroatoms. The molecule has 0 fully saturated rings. The summed E-state index contributed by atoms with van der Waals surface area (Å²) in [5.41, 5.74) is 13.3. The van der Waals surface area contributed by atoms with Crippen LogP contribution < -0.4 is 14.5 Å². The average molecular weight is 896 g/mol. The van der Waals surface area contributed by atoms with Crippen LogP contribution in [0.15, 0.2) is 134 Å². The second-order valence-corrected chi connectivity index (χ2v) is 15.5. The van der Waals surface area contributed by atoms with Crippen LogP contribution in [0.25, 0.3) is 27.6 Å². The largest absolute Gasteiger partial charge is 0.509 e. The Kier molecular flexibility index (Phi) is 6.94. The van der Waals surface area contributed by atoms with E-state index in [1.807, 2.05) is 59.6 Å². The number of benzene rings is 6. The number of fused-ring (bicyclic) bond motifs is 4. The molecule has 5 nitrogen and oxygen atoms in total. The Morgan fingerprint density at radius 1 is 0.673 bits per heavy atom. The molecular weight excluding hydrogens is 856 g/mol. The summed E-state index contributed by atoms with van der Waals surface area (Å²) in [6.45, 7) is 5.94. The van der Waals surface area contributed by atoms with Crippen LogP contribution in [-0.2, 0) is 26.5 Å². The topological polar surface area (TPSA) is 33.5 Å². The van der Waals surface area contributed by atoms with Gasteiger partial charge >= 0.3 is 0 Å². The smallest absolute Gasteiger partial charge is 0.135 e. The molecule has 0 saturated carbocycles. The Balaban J connectivity index is 0.00000408. The van der Waals surface area contributed by atoms with E-state index in [0.717, 1.165) is 33.3 Å². The normalized spacial score (nSPS) is 17.5. The number of aromatic nitrogens is 2. The maximum atomic E-state index is 8.12. The maximum Gasteiger partial charge on any atom is 0.135 e. The molecule has 1 aliphatic heterocycles. The summed E-state index contributed by atoms with van der Waals surface area (Å²) in [5.74, 6) is 2.14. The van der Waals surface area contributed by atoms with Crippen molar-refractivity contribution in [1.82, 2.24) is 9.55 Å². The van der Waals surface area contributed by atoms with E-state index in [2.05, 4.69) is 116 Å². The number of ether oxygens (including phenoxy) is 1. The molecule has 6 aromatic carbocycles. The van der Waals surface area contributed by atoms with Crippen molar-refractivity contribution >= 4 is 38.9 Å². The fourth-order valence-electron chi connectivity index (χ4n) is 8.94. The van der Waals surface area contributed by atoms with Gasteiger partial charge < -0.3 is 19.1 Å². The molecule has 0 spiro atoms. The number of pyridine rings is 1. The Labute approximate surface area is 340 Å². The van der Waals surface area contributed by atoms with Crippen LogP contribution in [-0.4, -0.2) is 16.5 Å². The van der Waals surface area contributed by atoms with E-state index >= 15 is 0 Å². The quantitative estimate of drug-likeness (QED) is 0.165. The van der Waals surface area contributed by atoms with Gasteiger partial charge in [0.25, 0.3) is 0 Å². The fourth-order valence-corrected chi connectivity index (χ4v) is 8.94. The van der Waals surface area contributed by atoms with Gasteiger partial charge in [-0.15, -0.1) is 41.4 Å². The van der Waals surface area contributed by atoms with E-state index in [1.54, 1.807) is 6.67 Å². The van der Waals surface area contributed by atoms with Gasteiger partial charge in [-0.25, -0.2) is 4.98 Å². The second-order valence-electron chi connectivity index (χ2n) is 15.5. The first kappa shape index (κ1) is 30.7. The van der Waals surface area contributed by atoms with E-state index in [9.17, 15) is 0 Å². The van der Waals surface area contributed by atoms with Crippen molar-refractivity contribution in [3.8, 4) is 17.3 Å². The summed E-state index contributed by atoms with van der Waals surface area (Å²) in [7, 11) is 0. The number of hydrogen-bond acceptors (Lipinski definition) is 4. The third-order valence-corrected chi connectivity index (χ3v) is 11.4. The minimum atomic E-state index is -2.34. The van der Waals surface area contributed by atoms with Gasteiger partial charge in [0.2, 0.25) is 0 Å². The summed E-state index contributed by atoms with van der Waals surface area (Å²) in [4.78, 5) is 8.13. The number of rotatable bonds is 4. The van der Waals surface area contributed by atoms with E-state index in [-0.39, 0.29) is 38.3 Å². The molecule has 0 saturated heterocycles. The molecule has 8 aromatic rings. The Hall–Kier alpha value is -5.64. The molecule has 3 heterocycles. The minimum Gasteiger partial charge on any atom is -0.509 e. The molecule has 2 aromatic heterocycles. The Morgan fingerprint density at radius 3 is 2.02 bits per heavy atom. The minimum absolute atomic E-state index is 0. The summed E-state index contributed by atoms with van der Waals surface area (Å²) in [6, 6.07) is 51.2. The number of para-hydroxylation sites is 2. The molecular formula is C49H37N4OPt-3. The van der Waals surface area contributed by atoms with E-state index < -0.39 is 6.98 Å². The van der Waals surface area contributed by atoms with Gasteiger partial charge in [0.1, 0.15) is 5.82 Å². The number of anilines is 3. The van der Waals surface area contributed by atoms with Crippen LogP contribution in [0.1, 0.15) is 75.7 Å². The molecule has 0 unspecified atom stereocenters. The molecule has 3 aliphatic carbocycles. The first-order valence-electron chi connectivity index (χ1n) is 19.9. The van der Waals surface area contributed by atoms with Gasteiger partial charge in [-0.2, -0.15) is 18.8 Å². The van der Waals surface area contributed by atoms with Crippen LogP contribution in [0, 0.1) is 18.8 Å². The zero-order valence-electron chi connectivity index (χ0n) is 33.4. The van der Waals surface area contributed by atoms with Crippen molar-refractivity contribution < 1.29 is 29.9 Å². The molecule has 0 N–H and O–H groups in total. The van der Waals surface area contributed by atoms with Crippen LogP contribution in [0.3, 0.4) is 0 Å². The number of nitrogens with zero attached hydrogens (tertiary/aromatic N) is 4. The van der Waals surface area contributed by atoms with Crippen molar-refractivity contribution in [2.24, 2.45) is 0 Å². The SMILES string of the molecule is [2H]C([2H])([2H])N1[CH-]N(c2[c-]c(Oc3[c-]c4c(cc3)c3cc5c(cc3n4-c3cc(C(C)(C)C)ccn3)C3c4ccccc4C5c4ccccc43)ccc2)c2ccccc21.[Pt]. The first-order valence-corrected chi connectivity index (χ1v) is 18.4. The zero-order valence-corrected chi connectivity index (χ0v) is 32.7. The van der Waals surface area contributed by atoms with Gasteiger partial charge in [0.05, 0.1) is 0 Å². The molecule has 4 aliphatic rings. The second kappa shape index (κ2) is 12.4. The van der Waals surface area contributed by atoms with Crippen LogP contribution in [0.5, 0.6) is 11.5 Å². The molecule has 272 valence electrons. The predicted molar refractivity (Wildman–Crippen MR) is 218 cm³/mol. The van der Waals surface area contributed by atoms with Gasteiger partial charge in [-0.05, 0) is 87.1 Å². The van der Waals surface area contributed by atoms with Crippen molar-refractivity contribution in [1.29, 1.82) is 0 Å². The standard InChI is InChI=1S/C49H37N4O.Pt/c1-49(2,3)30-22-23-50-46(24-30)53-44-26-33(54-32-13-11-12-31(25-32)52-29-51(4)42-18-9-10-19-43(42)52)20-21-34(44)39-27-40-41(28-45(39)53)48-37-16-7-5-14-35(37)47(40)36-15-6-8-17-38(36)48;/h5-24,27-29,47-48H,1-4H3;/q-3;/i4D3;. The van der Waals surface area contributed by atoms with Crippen molar-refractivity contribution in [2.75, 3.05) is 16.8 Å². The van der Waals surface area contributed by atoms with E-state index in [0.29, 0.717) is 22.9 Å². The Morgan fingerprint density at radius 2 is 1.33 bits per heavy atom. The fraction of sp³-hybridized carbons (Fsp3) is 0.143. The van der Waals surface area contributed by atoms with Crippen LogP contribution in [0.2, 0.25) is 0 Å². The van der Waals surface area contributed by atoms with Gasteiger partial charge in [-0.3, -0.25) is 0 Å². The number of hydrogen-bond donors (Lipinski definition) is 0. The third kappa shape index (κ3) is 5.13. The van der Waals surface area contributed by atoms with Crippen molar-refractivity contribution in [3.63, 3.8) is 0 Å². The summed E-state index contributed by atoms with van der Waals surface area (Å²) >= 11 is 0. The van der Waals surface area contributed by atoms with E-state index in [1.165, 1.54) is 43.8 Å².